The fraction of sp³-hybridized carbons (Fsp3) is 0.462. The Kier molecular flexibility index (Phi) is 5.61. The van der Waals surface area contributed by atoms with Gasteiger partial charge in [0.2, 0.25) is 15.9 Å². The first-order valence-corrected chi connectivity index (χ1v) is 8.21. The first kappa shape index (κ1) is 17.7. The van der Waals surface area contributed by atoms with Gasteiger partial charge in [-0.25, -0.2) is 8.42 Å². The Balaban J connectivity index is 0.00000220. The number of anilines is 2. The van der Waals surface area contributed by atoms with Gasteiger partial charge < -0.3 is 11.1 Å². The molecule has 1 aliphatic carbocycles. The van der Waals surface area contributed by atoms with E-state index in [-0.39, 0.29) is 24.1 Å². The van der Waals surface area contributed by atoms with Gasteiger partial charge in [-0.15, -0.1) is 12.4 Å². The number of nitrogens with one attached hydrogen (secondary N) is 2. The number of hydrogen-bond donors (Lipinski definition) is 3. The van der Waals surface area contributed by atoms with E-state index in [1.54, 1.807) is 31.2 Å². The molecule has 0 saturated heterocycles. The van der Waals surface area contributed by atoms with Crippen molar-refractivity contribution < 1.29 is 13.2 Å². The van der Waals surface area contributed by atoms with Crippen LogP contribution in [0.15, 0.2) is 24.3 Å². The average molecular weight is 334 g/mol. The minimum absolute atomic E-state index is 0. The van der Waals surface area contributed by atoms with Crippen LogP contribution in [0.5, 0.6) is 0 Å². The van der Waals surface area contributed by atoms with Gasteiger partial charge in [-0.1, -0.05) is 6.92 Å². The van der Waals surface area contributed by atoms with Crippen molar-refractivity contribution in [3.63, 3.8) is 0 Å². The van der Waals surface area contributed by atoms with Crippen molar-refractivity contribution in [1.82, 2.24) is 0 Å². The first-order chi connectivity index (χ1) is 9.35. The molecule has 1 amide bonds. The molecule has 0 aromatic heterocycles. The van der Waals surface area contributed by atoms with Crippen LogP contribution in [-0.4, -0.2) is 25.6 Å². The molecule has 8 heteroatoms. The van der Waals surface area contributed by atoms with Gasteiger partial charge >= 0.3 is 0 Å². The van der Waals surface area contributed by atoms with E-state index in [2.05, 4.69) is 10.0 Å². The molecule has 0 radical (unpaired) electrons. The summed E-state index contributed by atoms with van der Waals surface area (Å²) in [6.07, 6.45) is 1.96. The number of carbonyl (C=O) groups is 1. The maximum atomic E-state index is 11.7. The fourth-order valence-corrected chi connectivity index (χ4v) is 2.87. The molecule has 21 heavy (non-hydrogen) atoms. The predicted octanol–water partition coefficient (Wildman–Crippen LogP) is 1.69. The average Bonchev–Trinajstić information content (AvgIpc) is 3.11. The van der Waals surface area contributed by atoms with Crippen LogP contribution in [0.3, 0.4) is 0 Å². The Morgan fingerprint density at radius 3 is 2.24 bits per heavy atom. The molecule has 6 nitrogen and oxygen atoms in total. The Bertz CT molecular complexity index is 598. The van der Waals surface area contributed by atoms with Crippen molar-refractivity contribution in [3.05, 3.63) is 24.3 Å². The van der Waals surface area contributed by atoms with Crippen molar-refractivity contribution >= 4 is 39.7 Å². The number of halogens is 1. The van der Waals surface area contributed by atoms with E-state index >= 15 is 0 Å². The van der Waals surface area contributed by atoms with Gasteiger partial charge in [0.25, 0.3) is 0 Å². The van der Waals surface area contributed by atoms with E-state index in [0.29, 0.717) is 30.6 Å². The van der Waals surface area contributed by atoms with Crippen LogP contribution in [0.25, 0.3) is 0 Å². The molecule has 0 heterocycles. The molecule has 1 aromatic carbocycles. The highest BCUT2D eigenvalue weighted by atomic mass is 35.5. The Morgan fingerprint density at radius 2 is 1.76 bits per heavy atom. The molecule has 118 valence electrons. The highest BCUT2D eigenvalue weighted by Gasteiger charge is 2.45. The third-order valence-corrected chi connectivity index (χ3v) is 4.62. The van der Waals surface area contributed by atoms with Crippen molar-refractivity contribution in [2.45, 2.75) is 31.7 Å². The van der Waals surface area contributed by atoms with E-state index in [1.807, 2.05) is 0 Å². The molecular formula is C13H20ClN3O3S. The van der Waals surface area contributed by atoms with E-state index < -0.39 is 15.6 Å². The first-order valence-electron chi connectivity index (χ1n) is 6.55. The van der Waals surface area contributed by atoms with Crippen LogP contribution in [0, 0.1) is 0 Å². The standard InChI is InChI=1S/C13H19N3O3S.ClH/c1-2-9-20(18,19)16-11-5-3-10(4-6-11)15-12(17)13(14)7-8-13;/h3-6,16H,2,7-9,14H2,1H3,(H,15,17);1H. The van der Waals surface area contributed by atoms with Crippen molar-refractivity contribution in [2.24, 2.45) is 5.73 Å². The quantitative estimate of drug-likeness (QED) is 0.737. The molecule has 0 bridgehead atoms. The SMILES string of the molecule is CCCS(=O)(=O)Nc1ccc(NC(=O)C2(N)CC2)cc1.Cl. The topological polar surface area (TPSA) is 101 Å². The summed E-state index contributed by atoms with van der Waals surface area (Å²) >= 11 is 0. The molecule has 4 N–H and O–H groups in total. The van der Waals surface area contributed by atoms with Crippen LogP contribution in [0.2, 0.25) is 0 Å². The number of benzene rings is 1. The number of sulfonamides is 1. The molecule has 1 saturated carbocycles. The monoisotopic (exact) mass is 333 g/mol. The molecule has 2 rings (SSSR count). The summed E-state index contributed by atoms with van der Waals surface area (Å²) in [5.41, 5.74) is 6.14. The normalized spacial score (nSPS) is 15.7. The lowest BCUT2D eigenvalue weighted by atomic mass is 10.2. The Morgan fingerprint density at radius 1 is 1.24 bits per heavy atom. The van der Waals surface area contributed by atoms with E-state index in [4.69, 9.17) is 5.73 Å². The van der Waals surface area contributed by atoms with Crippen LogP contribution in [0.1, 0.15) is 26.2 Å². The Hall–Kier alpha value is -1.31. The van der Waals surface area contributed by atoms with Gasteiger partial charge in [0.05, 0.1) is 11.3 Å². The van der Waals surface area contributed by atoms with Crippen molar-refractivity contribution in [3.8, 4) is 0 Å². The smallest absolute Gasteiger partial charge is 0.244 e. The zero-order valence-electron chi connectivity index (χ0n) is 11.8. The third kappa shape index (κ3) is 4.87. The fourth-order valence-electron chi connectivity index (χ4n) is 1.74. The highest BCUT2D eigenvalue weighted by molar-refractivity contribution is 7.92. The van der Waals surface area contributed by atoms with Gasteiger partial charge in [0, 0.05) is 11.4 Å². The lowest BCUT2D eigenvalue weighted by Crippen LogP contribution is -2.37. The number of amides is 1. The molecule has 0 atom stereocenters. The van der Waals surface area contributed by atoms with Crippen molar-refractivity contribution in [1.29, 1.82) is 0 Å². The second-order valence-electron chi connectivity index (χ2n) is 5.11. The second-order valence-corrected chi connectivity index (χ2v) is 6.95. The largest absolute Gasteiger partial charge is 0.324 e. The predicted molar refractivity (Wildman–Crippen MR) is 86.2 cm³/mol. The van der Waals surface area contributed by atoms with Gasteiger partial charge in [-0.05, 0) is 43.5 Å². The highest BCUT2D eigenvalue weighted by Crippen LogP contribution is 2.33. The number of rotatable bonds is 6. The van der Waals surface area contributed by atoms with Gasteiger partial charge in [-0.3, -0.25) is 9.52 Å². The van der Waals surface area contributed by atoms with Gasteiger partial charge in [0.1, 0.15) is 0 Å². The van der Waals surface area contributed by atoms with E-state index in [1.165, 1.54) is 0 Å². The maximum absolute atomic E-state index is 11.7. The van der Waals surface area contributed by atoms with E-state index in [9.17, 15) is 13.2 Å². The van der Waals surface area contributed by atoms with Gasteiger partial charge in [0.15, 0.2) is 0 Å². The molecule has 1 fully saturated rings. The van der Waals surface area contributed by atoms with E-state index in [0.717, 1.165) is 0 Å². The number of nitrogens with two attached hydrogens (primary N) is 1. The zero-order valence-corrected chi connectivity index (χ0v) is 13.4. The molecule has 0 unspecified atom stereocenters. The van der Waals surface area contributed by atoms with Crippen LogP contribution < -0.4 is 15.8 Å². The lowest BCUT2D eigenvalue weighted by molar-refractivity contribution is -0.118. The maximum Gasteiger partial charge on any atom is 0.244 e. The summed E-state index contributed by atoms with van der Waals surface area (Å²) in [6, 6.07) is 6.51. The van der Waals surface area contributed by atoms with Crippen LogP contribution in [-0.2, 0) is 14.8 Å². The second kappa shape index (κ2) is 6.64. The summed E-state index contributed by atoms with van der Waals surface area (Å²) < 4.78 is 25.7. The Labute approximate surface area is 130 Å². The summed E-state index contributed by atoms with van der Waals surface area (Å²) in [5.74, 6) is -0.113. The lowest BCUT2D eigenvalue weighted by Gasteiger charge is -2.11. The minimum atomic E-state index is -3.29. The molecule has 0 spiro atoms. The minimum Gasteiger partial charge on any atom is -0.324 e. The molecule has 1 aliphatic rings. The summed E-state index contributed by atoms with van der Waals surface area (Å²) in [5, 5.41) is 2.72. The van der Waals surface area contributed by atoms with Crippen molar-refractivity contribution in [2.75, 3.05) is 15.8 Å². The third-order valence-electron chi connectivity index (χ3n) is 3.13. The number of carbonyl (C=O) groups excluding carboxylic acids is 1. The summed E-state index contributed by atoms with van der Waals surface area (Å²) in [4.78, 5) is 11.7. The summed E-state index contributed by atoms with van der Waals surface area (Å²) in [7, 11) is -3.29. The summed E-state index contributed by atoms with van der Waals surface area (Å²) in [6.45, 7) is 1.80. The number of hydrogen-bond acceptors (Lipinski definition) is 4. The van der Waals surface area contributed by atoms with Gasteiger partial charge in [-0.2, -0.15) is 0 Å². The van der Waals surface area contributed by atoms with Crippen LogP contribution >= 0.6 is 12.4 Å². The zero-order chi connectivity index (χ0) is 14.8. The molecular weight excluding hydrogens is 314 g/mol. The molecule has 0 aliphatic heterocycles. The van der Waals surface area contributed by atoms with Crippen LogP contribution in [0.4, 0.5) is 11.4 Å². The molecule has 1 aromatic rings.